The Kier molecular flexibility index (Phi) is 7.30. The van der Waals surface area contributed by atoms with E-state index >= 15 is 0 Å². The highest BCUT2D eigenvalue weighted by molar-refractivity contribution is 5.97. The zero-order valence-corrected chi connectivity index (χ0v) is 14.5. The summed E-state index contributed by atoms with van der Waals surface area (Å²) in [5.41, 5.74) is 12.3. The molecule has 0 saturated heterocycles. The number of hydrogen-bond donors (Lipinski definition) is 4. The van der Waals surface area contributed by atoms with Crippen LogP contribution in [0.1, 0.15) is 30.4 Å². The fourth-order valence-electron chi connectivity index (χ4n) is 2.27. The van der Waals surface area contributed by atoms with Crippen molar-refractivity contribution in [3.8, 4) is 11.5 Å². The standard InChI is InChI=1S/C19H24N4O3/c20-18(21)14-4-8-16(9-5-14)25-12-2-1-3-13-26-17-10-6-15(7-11-17)19(22)23-24/h4-11,24H,1-3,12-13H2,(H3,20,21)(H2,22,23). The first-order chi connectivity index (χ1) is 12.6. The van der Waals surface area contributed by atoms with E-state index in [0.717, 1.165) is 30.8 Å². The number of unbranched alkanes of at least 4 members (excludes halogenated alkanes) is 2. The van der Waals surface area contributed by atoms with E-state index in [1.807, 2.05) is 12.1 Å². The number of amidine groups is 2. The molecule has 0 atom stereocenters. The predicted octanol–water partition coefficient (Wildman–Crippen LogP) is 2.69. The largest absolute Gasteiger partial charge is 0.494 e. The summed E-state index contributed by atoms with van der Waals surface area (Å²) in [6, 6.07) is 14.3. The Morgan fingerprint density at radius 1 is 0.808 bits per heavy atom. The molecule has 0 bridgehead atoms. The number of nitrogens with two attached hydrogens (primary N) is 2. The van der Waals surface area contributed by atoms with Crippen LogP contribution in [0.5, 0.6) is 11.5 Å². The van der Waals surface area contributed by atoms with Gasteiger partial charge in [-0.3, -0.25) is 5.41 Å². The Morgan fingerprint density at radius 3 is 1.69 bits per heavy atom. The van der Waals surface area contributed by atoms with Crippen molar-refractivity contribution in [3.05, 3.63) is 59.7 Å². The Morgan fingerprint density at radius 2 is 1.27 bits per heavy atom. The maximum atomic E-state index is 8.62. The molecule has 7 nitrogen and oxygen atoms in total. The Balaban J connectivity index is 1.58. The van der Waals surface area contributed by atoms with Crippen molar-refractivity contribution in [3.63, 3.8) is 0 Å². The van der Waals surface area contributed by atoms with Crippen molar-refractivity contribution in [2.45, 2.75) is 19.3 Å². The van der Waals surface area contributed by atoms with Crippen LogP contribution in [0.2, 0.25) is 0 Å². The van der Waals surface area contributed by atoms with E-state index < -0.39 is 0 Å². The smallest absolute Gasteiger partial charge is 0.170 e. The van der Waals surface area contributed by atoms with Gasteiger partial charge in [-0.1, -0.05) is 5.16 Å². The van der Waals surface area contributed by atoms with Crippen LogP contribution >= 0.6 is 0 Å². The molecule has 2 aromatic rings. The summed E-state index contributed by atoms with van der Waals surface area (Å²) in [5, 5.41) is 18.9. The van der Waals surface area contributed by atoms with Gasteiger partial charge in [-0.15, -0.1) is 0 Å². The molecular formula is C19H24N4O3. The first kappa shape index (κ1) is 19.1. The van der Waals surface area contributed by atoms with Crippen molar-refractivity contribution in [1.29, 1.82) is 5.41 Å². The molecule has 6 N–H and O–H groups in total. The molecule has 0 aliphatic carbocycles. The monoisotopic (exact) mass is 356 g/mol. The molecule has 2 rings (SSSR count). The van der Waals surface area contributed by atoms with Gasteiger partial charge in [-0.2, -0.15) is 0 Å². The average molecular weight is 356 g/mol. The number of benzene rings is 2. The third kappa shape index (κ3) is 6.01. The van der Waals surface area contributed by atoms with E-state index in [4.69, 9.17) is 31.6 Å². The van der Waals surface area contributed by atoms with Gasteiger partial charge in [-0.05, 0) is 67.8 Å². The molecule has 0 aromatic heterocycles. The molecule has 0 aliphatic heterocycles. The quantitative estimate of drug-likeness (QED) is 0.171. The number of nitrogens with zero attached hydrogens (tertiary/aromatic N) is 1. The Hall–Kier alpha value is -3.22. The van der Waals surface area contributed by atoms with Gasteiger partial charge in [0.1, 0.15) is 17.3 Å². The maximum absolute atomic E-state index is 8.62. The fraction of sp³-hybridized carbons (Fsp3) is 0.263. The van der Waals surface area contributed by atoms with Crippen molar-refractivity contribution in [2.75, 3.05) is 13.2 Å². The SMILES string of the molecule is N=C(N)c1ccc(OCCCCCOc2ccc(C(N)=NO)cc2)cc1. The fourth-order valence-corrected chi connectivity index (χ4v) is 2.27. The Labute approximate surface area is 152 Å². The highest BCUT2D eigenvalue weighted by Crippen LogP contribution is 2.14. The summed E-state index contributed by atoms with van der Waals surface area (Å²) >= 11 is 0. The Bertz CT molecular complexity index is 727. The average Bonchev–Trinajstić information content (AvgIpc) is 2.67. The molecule has 138 valence electrons. The van der Waals surface area contributed by atoms with E-state index in [-0.39, 0.29) is 11.7 Å². The zero-order valence-electron chi connectivity index (χ0n) is 14.5. The molecule has 0 fully saturated rings. The van der Waals surface area contributed by atoms with Gasteiger partial charge in [-0.25, -0.2) is 0 Å². The highest BCUT2D eigenvalue weighted by atomic mass is 16.5. The first-order valence-electron chi connectivity index (χ1n) is 8.38. The summed E-state index contributed by atoms with van der Waals surface area (Å²) in [7, 11) is 0. The second-order valence-corrected chi connectivity index (χ2v) is 5.71. The lowest BCUT2D eigenvalue weighted by Crippen LogP contribution is -2.12. The molecule has 0 saturated carbocycles. The van der Waals surface area contributed by atoms with E-state index in [1.165, 1.54) is 0 Å². The number of nitrogens with one attached hydrogen (secondary N) is 1. The summed E-state index contributed by atoms with van der Waals surface area (Å²) in [6.07, 6.45) is 2.85. The lowest BCUT2D eigenvalue weighted by molar-refractivity contribution is 0.279. The number of nitrogen functional groups attached to an aromatic ring is 1. The van der Waals surface area contributed by atoms with Crippen LogP contribution in [0.4, 0.5) is 0 Å². The maximum Gasteiger partial charge on any atom is 0.170 e. The lowest BCUT2D eigenvalue weighted by Gasteiger charge is -2.08. The second-order valence-electron chi connectivity index (χ2n) is 5.71. The molecule has 0 spiro atoms. The molecule has 2 aromatic carbocycles. The summed E-state index contributed by atoms with van der Waals surface area (Å²) in [4.78, 5) is 0. The van der Waals surface area contributed by atoms with Gasteiger partial charge in [0.05, 0.1) is 13.2 Å². The minimum absolute atomic E-state index is 0.0520. The van der Waals surface area contributed by atoms with E-state index in [2.05, 4.69) is 5.16 Å². The van der Waals surface area contributed by atoms with Crippen molar-refractivity contribution in [2.24, 2.45) is 16.6 Å². The van der Waals surface area contributed by atoms with Crippen LogP contribution in [0.25, 0.3) is 0 Å². The van der Waals surface area contributed by atoms with Crippen molar-refractivity contribution in [1.82, 2.24) is 0 Å². The van der Waals surface area contributed by atoms with Crippen molar-refractivity contribution < 1.29 is 14.7 Å². The van der Waals surface area contributed by atoms with Crippen LogP contribution in [0.15, 0.2) is 53.7 Å². The normalized spacial score (nSPS) is 11.2. The molecule has 0 unspecified atom stereocenters. The summed E-state index contributed by atoms with van der Waals surface area (Å²) < 4.78 is 11.3. The third-order valence-corrected chi connectivity index (χ3v) is 3.75. The number of ether oxygens (including phenoxy) is 2. The van der Waals surface area contributed by atoms with E-state index in [9.17, 15) is 0 Å². The molecular weight excluding hydrogens is 332 g/mol. The van der Waals surface area contributed by atoms with Gasteiger partial charge < -0.3 is 26.1 Å². The molecule has 26 heavy (non-hydrogen) atoms. The van der Waals surface area contributed by atoms with Gasteiger partial charge in [0, 0.05) is 11.1 Å². The van der Waals surface area contributed by atoms with Gasteiger partial charge in [0.25, 0.3) is 0 Å². The van der Waals surface area contributed by atoms with Crippen LogP contribution in [-0.2, 0) is 0 Å². The van der Waals surface area contributed by atoms with Crippen LogP contribution in [0.3, 0.4) is 0 Å². The lowest BCUT2D eigenvalue weighted by atomic mass is 10.2. The molecule has 0 radical (unpaired) electrons. The number of oxime groups is 1. The van der Waals surface area contributed by atoms with Crippen molar-refractivity contribution >= 4 is 11.7 Å². The van der Waals surface area contributed by atoms with E-state index in [1.54, 1.807) is 36.4 Å². The van der Waals surface area contributed by atoms with Gasteiger partial charge in [0.2, 0.25) is 0 Å². The zero-order chi connectivity index (χ0) is 18.8. The predicted molar refractivity (Wildman–Crippen MR) is 101 cm³/mol. The minimum atomic E-state index is 0.0520. The van der Waals surface area contributed by atoms with Crippen LogP contribution in [-0.4, -0.2) is 30.1 Å². The highest BCUT2D eigenvalue weighted by Gasteiger charge is 2.00. The molecule has 0 amide bonds. The first-order valence-corrected chi connectivity index (χ1v) is 8.38. The third-order valence-electron chi connectivity index (χ3n) is 3.75. The van der Waals surface area contributed by atoms with E-state index in [0.29, 0.717) is 24.3 Å². The second kappa shape index (κ2) is 9.93. The van der Waals surface area contributed by atoms with Crippen LogP contribution in [0, 0.1) is 5.41 Å². The van der Waals surface area contributed by atoms with Gasteiger partial charge >= 0.3 is 0 Å². The van der Waals surface area contributed by atoms with Crippen LogP contribution < -0.4 is 20.9 Å². The summed E-state index contributed by atoms with van der Waals surface area (Å²) in [6.45, 7) is 1.25. The summed E-state index contributed by atoms with van der Waals surface area (Å²) in [5.74, 6) is 1.65. The number of hydrogen-bond acceptors (Lipinski definition) is 5. The minimum Gasteiger partial charge on any atom is -0.494 e. The molecule has 0 heterocycles. The van der Waals surface area contributed by atoms with Gasteiger partial charge in [0.15, 0.2) is 5.84 Å². The molecule has 0 aliphatic rings. The number of rotatable bonds is 10. The molecule has 7 heteroatoms. The topological polar surface area (TPSA) is 127 Å².